The van der Waals surface area contributed by atoms with Gasteiger partial charge in [-0.25, -0.2) is 4.98 Å². The van der Waals surface area contributed by atoms with Crippen molar-refractivity contribution >= 4 is 17.6 Å². The molecule has 2 rings (SSSR count). The zero-order valence-electron chi connectivity index (χ0n) is 10.2. The molecule has 0 saturated carbocycles. The van der Waals surface area contributed by atoms with E-state index < -0.39 is 0 Å². The largest absolute Gasteiger partial charge is 0.387 e. The average molecular weight is 260 g/mol. The molecule has 5 heteroatoms. The first-order chi connectivity index (χ1) is 8.68. The highest BCUT2D eigenvalue weighted by Crippen LogP contribution is 2.24. The fourth-order valence-electron chi connectivity index (χ4n) is 1.70. The highest BCUT2D eigenvalue weighted by Gasteiger charge is 2.16. The SMILES string of the molecule is Cn1ccnc1SCC(C(=N)N)c1ccccc1. The highest BCUT2D eigenvalue weighted by molar-refractivity contribution is 7.99. The third kappa shape index (κ3) is 2.92. The Morgan fingerprint density at radius 2 is 2.17 bits per heavy atom. The molecule has 0 bridgehead atoms. The number of thioether (sulfide) groups is 1. The Morgan fingerprint density at radius 1 is 1.44 bits per heavy atom. The molecule has 1 heterocycles. The standard InChI is InChI=1S/C13H16N4S/c1-17-8-7-16-13(17)18-9-11(12(14)15)10-5-3-2-4-6-10/h2-8,11H,9H2,1H3,(H3,14,15). The van der Waals surface area contributed by atoms with Crippen molar-refractivity contribution in [2.45, 2.75) is 11.1 Å². The molecule has 18 heavy (non-hydrogen) atoms. The smallest absolute Gasteiger partial charge is 0.167 e. The Morgan fingerprint density at radius 3 is 2.72 bits per heavy atom. The second-order valence-electron chi connectivity index (χ2n) is 4.05. The second kappa shape index (κ2) is 5.73. The number of hydrogen-bond donors (Lipinski definition) is 2. The van der Waals surface area contributed by atoms with Gasteiger partial charge in [-0.05, 0) is 5.56 Å². The number of nitrogens with zero attached hydrogens (tertiary/aromatic N) is 2. The summed E-state index contributed by atoms with van der Waals surface area (Å²) < 4.78 is 1.97. The molecule has 0 amide bonds. The van der Waals surface area contributed by atoms with Crippen LogP contribution in [0.4, 0.5) is 0 Å². The van der Waals surface area contributed by atoms with Gasteiger partial charge in [-0.15, -0.1) is 0 Å². The molecular weight excluding hydrogens is 244 g/mol. The molecule has 0 radical (unpaired) electrons. The number of nitrogens with one attached hydrogen (secondary N) is 1. The summed E-state index contributed by atoms with van der Waals surface area (Å²) in [5.41, 5.74) is 6.76. The van der Waals surface area contributed by atoms with Crippen molar-refractivity contribution in [1.82, 2.24) is 9.55 Å². The quantitative estimate of drug-likeness (QED) is 0.492. The van der Waals surface area contributed by atoms with E-state index in [4.69, 9.17) is 11.1 Å². The van der Waals surface area contributed by atoms with Crippen molar-refractivity contribution in [3.63, 3.8) is 0 Å². The lowest BCUT2D eigenvalue weighted by atomic mass is 10.0. The number of nitrogens with two attached hydrogens (primary N) is 1. The van der Waals surface area contributed by atoms with Gasteiger partial charge in [0.05, 0.1) is 11.8 Å². The Labute approximate surface area is 111 Å². The molecular formula is C13H16N4S. The van der Waals surface area contributed by atoms with Crippen LogP contribution < -0.4 is 5.73 Å². The van der Waals surface area contributed by atoms with Crippen LogP contribution in [0.5, 0.6) is 0 Å². The molecule has 0 fully saturated rings. The minimum atomic E-state index is -0.0621. The van der Waals surface area contributed by atoms with Crippen molar-refractivity contribution in [2.24, 2.45) is 12.8 Å². The van der Waals surface area contributed by atoms with E-state index in [9.17, 15) is 0 Å². The van der Waals surface area contributed by atoms with Crippen LogP contribution >= 0.6 is 11.8 Å². The van der Waals surface area contributed by atoms with Gasteiger partial charge in [-0.1, -0.05) is 42.1 Å². The van der Waals surface area contributed by atoms with Crippen LogP contribution in [0.2, 0.25) is 0 Å². The summed E-state index contributed by atoms with van der Waals surface area (Å²) in [6.45, 7) is 0. The fourth-order valence-corrected chi connectivity index (χ4v) is 2.79. The lowest BCUT2D eigenvalue weighted by molar-refractivity contribution is 0.788. The van der Waals surface area contributed by atoms with E-state index in [1.165, 1.54) is 0 Å². The number of benzene rings is 1. The Hall–Kier alpha value is -1.75. The number of imidazole rings is 1. The van der Waals surface area contributed by atoms with Crippen molar-refractivity contribution in [3.8, 4) is 0 Å². The summed E-state index contributed by atoms with van der Waals surface area (Å²) in [6, 6.07) is 9.91. The molecule has 4 nitrogen and oxygen atoms in total. The van der Waals surface area contributed by atoms with Crippen molar-refractivity contribution in [1.29, 1.82) is 5.41 Å². The minimum Gasteiger partial charge on any atom is -0.387 e. The number of amidine groups is 1. The maximum atomic E-state index is 7.71. The van der Waals surface area contributed by atoms with Gasteiger partial charge in [-0.2, -0.15) is 0 Å². The molecule has 1 atom stereocenters. The molecule has 1 aromatic heterocycles. The summed E-state index contributed by atoms with van der Waals surface area (Å²) in [4.78, 5) is 4.26. The van der Waals surface area contributed by atoms with Gasteiger partial charge in [0.2, 0.25) is 0 Å². The number of rotatable bonds is 5. The van der Waals surface area contributed by atoms with Crippen LogP contribution in [0.25, 0.3) is 0 Å². The second-order valence-corrected chi connectivity index (χ2v) is 5.04. The van der Waals surface area contributed by atoms with Gasteiger partial charge < -0.3 is 10.3 Å². The molecule has 0 aliphatic rings. The first kappa shape index (κ1) is 12.7. The van der Waals surface area contributed by atoms with Gasteiger partial charge in [0.1, 0.15) is 0 Å². The minimum absolute atomic E-state index is 0.0621. The van der Waals surface area contributed by atoms with Gasteiger partial charge >= 0.3 is 0 Å². The maximum absolute atomic E-state index is 7.71. The molecule has 3 N–H and O–H groups in total. The monoisotopic (exact) mass is 260 g/mol. The summed E-state index contributed by atoms with van der Waals surface area (Å²) >= 11 is 1.62. The lowest BCUT2D eigenvalue weighted by Crippen LogP contribution is -2.22. The third-order valence-corrected chi connectivity index (χ3v) is 3.89. The number of aromatic nitrogens is 2. The van der Waals surface area contributed by atoms with E-state index in [1.54, 1.807) is 18.0 Å². The van der Waals surface area contributed by atoms with E-state index >= 15 is 0 Å². The van der Waals surface area contributed by atoms with Gasteiger partial charge in [0, 0.05) is 25.2 Å². The fraction of sp³-hybridized carbons (Fsp3) is 0.231. The Bertz CT molecular complexity index is 521. The molecule has 2 aromatic rings. The molecule has 0 aliphatic carbocycles. The normalized spacial score (nSPS) is 12.3. The van der Waals surface area contributed by atoms with Crippen molar-refractivity contribution < 1.29 is 0 Å². The molecule has 0 aliphatic heterocycles. The van der Waals surface area contributed by atoms with Crippen LogP contribution in [0.1, 0.15) is 11.5 Å². The van der Waals surface area contributed by atoms with Gasteiger partial charge in [0.15, 0.2) is 5.16 Å². The summed E-state index contributed by atoms with van der Waals surface area (Å²) in [7, 11) is 1.96. The van der Waals surface area contributed by atoms with E-state index in [0.29, 0.717) is 0 Å². The van der Waals surface area contributed by atoms with Gasteiger partial charge in [-0.3, -0.25) is 5.41 Å². The summed E-state index contributed by atoms with van der Waals surface area (Å²) in [5, 5.41) is 8.65. The average Bonchev–Trinajstić information content (AvgIpc) is 2.76. The van der Waals surface area contributed by atoms with E-state index in [0.717, 1.165) is 16.5 Å². The van der Waals surface area contributed by atoms with Crippen LogP contribution in [0.3, 0.4) is 0 Å². The highest BCUT2D eigenvalue weighted by atomic mass is 32.2. The molecule has 0 saturated heterocycles. The Kier molecular flexibility index (Phi) is 4.04. The number of aryl methyl sites for hydroxylation is 1. The zero-order chi connectivity index (χ0) is 13.0. The van der Waals surface area contributed by atoms with E-state index in [1.807, 2.05) is 48.1 Å². The molecule has 94 valence electrons. The maximum Gasteiger partial charge on any atom is 0.167 e. The van der Waals surface area contributed by atoms with Crippen LogP contribution in [-0.2, 0) is 7.05 Å². The first-order valence-corrected chi connectivity index (χ1v) is 6.66. The van der Waals surface area contributed by atoms with E-state index in [-0.39, 0.29) is 11.8 Å². The van der Waals surface area contributed by atoms with Crippen LogP contribution in [0, 0.1) is 5.41 Å². The predicted molar refractivity (Wildman–Crippen MR) is 75.0 cm³/mol. The topological polar surface area (TPSA) is 67.7 Å². The van der Waals surface area contributed by atoms with Crippen LogP contribution in [0.15, 0.2) is 47.9 Å². The van der Waals surface area contributed by atoms with Gasteiger partial charge in [0.25, 0.3) is 0 Å². The first-order valence-electron chi connectivity index (χ1n) is 5.67. The molecule has 1 unspecified atom stereocenters. The van der Waals surface area contributed by atoms with Crippen LogP contribution in [-0.4, -0.2) is 21.1 Å². The molecule has 1 aromatic carbocycles. The van der Waals surface area contributed by atoms with E-state index in [2.05, 4.69) is 4.98 Å². The Balaban J connectivity index is 2.09. The molecule has 0 spiro atoms. The van der Waals surface area contributed by atoms with Crippen molar-refractivity contribution in [3.05, 3.63) is 48.3 Å². The predicted octanol–water partition coefficient (Wildman–Crippen LogP) is 2.23. The third-order valence-electron chi connectivity index (χ3n) is 2.73. The lowest BCUT2D eigenvalue weighted by Gasteiger charge is -2.15. The van der Waals surface area contributed by atoms with Crippen molar-refractivity contribution in [2.75, 3.05) is 5.75 Å². The summed E-state index contributed by atoms with van der Waals surface area (Å²) in [5.74, 6) is 0.861. The summed E-state index contributed by atoms with van der Waals surface area (Å²) in [6.07, 6.45) is 3.68. The number of hydrogen-bond acceptors (Lipinski definition) is 3. The zero-order valence-corrected chi connectivity index (χ0v) is 11.0.